The Morgan fingerprint density at radius 1 is 1.10 bits per heavy atom. The van der Waals surface area contributed by atoms with E-state index in [1.165, 1.54) is 15.4 Å². The van der Waals surface area contributed by atoms with Crippen molar-refractivity contribution in [3.63, 3.8) is 0 Å². The van der Waals surface area contributed by atoms with E-state index in [1.54, 1.807) is 31.2 Å². The quantitative estimate of drug-likeness (QED) is 0.337. The Labute approximate surface area is 243 Å². The number of aromatic nitrogens is 1. The third kappa shape index (κ3) is 6.15. The summed E-state index contributed by atoms with van der Waals surface area (Å²) in [5.74, 6) is -2.27. The molecule has 224 valence electrons. The summed E-state index contributed by atoms with van der Waals surface area (Å²) < 4.78 is 36.9. The van der Waals surface area contributed by atoms with Crippen molar-refractivity contribution in [1.82, 2.24) is 24.8 Å². The number of hydrogen-bond donors (Lipinski definition) is 2. The molecule has 4 heterocycles. The Kier molecular flexibility index (Phi) is 8.57. The Balaban J connectivity index is 1.43. The number of amides is 3. The van der Waals surface area contributed by atoms with Crippen LogP contribution in [-0.4, -0.2) is 103 Å². The summed E-state index contributed by atoms with van der Waals surface area (Å²) in [7, 11) is -3.72. The lowest BCUT2D eigenvalue weighted by Crippen LogP contribution is -2.68. The van der Waals surface area contributed by atoms with Gasteiger partial charge in [-0.1, -0.05) is 36.4 Å². The van der Waals surface area contributed by atoms with Crippen molar-refractivity contribution in [2.75, 3.05) is 26.0 Å². The van der Waals surface area contributed by atoms with Crippen molar-refractivity contribution in [2.45, 2.75) is 56.6 Å². The number of pyridine rings is 1. The standard InChI is InChI=1S/C28H33N5O8S/c1-3-40-28-21(14-23(34)41-28)31-25(35)22-16-32(42(2,38)39)15-18-9-5-7-11-20(27(37)33(18)22)30-26(36)24-19-10-6-4-8-17(19)12-13-29-24/h4-8,10,12-13,18,20-22,28H,3,9,11,14-16H2,1-2H3,(H,30,36)(H,31,35)/t18-,20-,21?,22-,28?/m0/s1. The number of carbonyl (C=O) groups is 4. The van der Waals surface area contributed by atoms with Crippen LogP contribution in [0.25, 0.3) is 10.8 Å². The molecule has 13 nitrogen and oxygen atoms in total. The highest BCUT2D eigenvalue weighted by molar-refractivity contribution is 7.88. The van der Waals surface area contributed by atoms with Gasteiger partial charge in [-0.15, -0.1) is 0 Å². The molecule has 2 aromatic rings. The first-order valence-corrected chi connectivity index (χ1v) is 15.6. The van der Waals surface area contributed by atoms with Crippen LogP contribution in [0.15, 0.2) is 48.7 Å². The molecule has 1 aromatic carbocycles. The van der Waals surface area contributed by atoms with Gasteiger partial charge >= 0.3 is 5.97 Å². The molecule has 3 amide bonds. The third-order valence-corrected chi connectivity index (χ3v) is 8.84. The summed E-state index contributed by atoms with van der Waals surface area (Å²) in [6, 6.07) is 5.29. The number of rotatable bonds is 7. The van der Waals surface area contributed by atoms with Gasteiger partial charge in [0.1, 0.15) is 23.8 Å². The topological polar surface area (TPSA) is 164 Å². The summed E-state index contributed by atoms with van der Waals surface area (Å²) in [5, 5.41) is 6.97. The number of carbonyl (C=O) groups excluding carboxylic acids is 4. The largest absolute Gasteiger partial charge is 0.433 e. The molecule has 0 bridgehead atoms. The molecule has 14 heteroatoms. The molecule has 0 radical (unpaired) electrons. The average molecular weight is 600 g/mol. The highest BCUT2D eigenvalue weighted by atomic mass is 32.2. The number of piperazine rings is 1. The van der Waals surface area contributed by atoms with Crippen LogP contribution in [0.3, 0.4) is 0 Å². The van der Waals surface area contributed by atoms with Gasteiger partial charge in [-0.3, -0.25) is 24.2 Å². The first kappa shape index (κ1) is 29.6. The summed E-state index contributed by atoms with van der Waals surface area (Å²) >= 11 is 0. The molecule has 42 heavy (non-hydrogen) atoms. The Morgan fingerprint density at radius 2 is 1.86 bits per heavy atom. The van der Waals surface area contributed by atoms with E-state index in [0.29, 0.717) is 11.8 Å². The van der Waals surface area contributed by atoms with Crippen LogP contribution < -0.4 is 10.6 Å². The fourth-order valence-electron chi connectivity index (χ4n) is 5.60. The maximum atomic E-state index is 14.1. The van der Waals surface area contributed by atoms with Crippen LogP contribution in [-0.2, 0) is 33.9 Å². The number of nitrogens with zero attached hydrogens (tertiary/aromatic N) is 3. The van der Waals surface area contributed by atoms with Gasteiger partial charge < -0.3 is 25.0 Å². The van der Waals surface area contributed by atoms with Gasteiger partial charge in [0.25, 0.3) is 5.91 Å². The van der Waals surface area contributed by atoms with Gasteiger partial charge in [0, 0.05) is 37.3 Å². The smallest absolute Gasteiger partial charge is 0.310 e. The molecular formula is C28H33N5O8S. The number of benzene rings is 1. The highest BCUT2D eigenvalue weighted by Crippen LogP contribution is 2.26. The van der Waals surface area contributed by atoms with Crippen molar-refractivity contribution < 1.29 is 37.1 Å². The number of hydrogen-bond acceptors (Lipinski definition) is 9. The fraction of sp³-hybridized carbons (Fsp3) is 0.464. The van der Waals surface area contributed by atoms with Crippen LogP contribution >= 0.6 is 0 Å². The maximum Gasteiger partial charge on any atom is 0.310 e. The van der Waals surface area contributed by atoms with Crippen LogP contribution in [0.4, 0.5) is 0 Å². The van der Waals surface area contributed by atoms with E-state index in [1.807, 2.05) is 18.2 Å². The Hall–Kier alpha value is -3.88. The first-order chi connectivity index (χ1) is 20.1. The van der Waals surface area contributed by atoms with Crippen molar-refractivity contribution in [1.29, 1.82) is 0 Å². The summed E-state index contributed by atoms with van der Waals surface area (Å²) in [6.45, 7) is 1.65. The number of fused-ring (bicyclic) bond motifs is 2. The minimum Gasteiger partial charge on any atom is -0.433 e. The van der Waals surface area contributed by atoms with E-state index in [4.69, 9.17) is 9.47 Å². The van der Waals surface area contributed by atoms with Gasteiger partial charge in [-0.05, 0) is 31.2 Å². The van der Waals surface area contributed by atoms with Crippen LogP contribution in [0, 0.1) is 0 Å². The number of nitrogens with one attached hydrogen (secondary N) is 2. The molecule has 5 rings (SSSR count). The lowest BCUT2D eigenvalue weighted by atomic mass is 9.97. The van der Waals surface area contributed by atoms with Crippen molar-refractivity contribution >= 4 is 44.5 Å². The van der Waals surface area contributed by atoms with Gasteiger partial charge in [0.05, 0.1) is 12.7 Å². The second-order valence-corrected chi connectivity index (χ2v) is 12.5. The second-order valence-electron chi connectivity index (χ2n) is 10.5. The molecule has 0 saturated carbocycles. The number of ether oxygens (including phenoxy) is 2. The van der Waals surface area contributed by atoms with Crippen LogP contribution in [0.2, 0.25) is 0 Å². The molecule has 1 aromatic heterocycles. The molecule has 2 fully saturated rings. The number of cyclic esters (lactones) is 1. The maximum absolute atomic E-state index is 14.1. The van der Waals surface area contributed by atoms with E-state index < -0.39 is 64.2 Å². The molecule has 0 aliphatic carbocycles. The van der Waals surface area contributed by atoms with Gasteiger partial charge in [0.15, 0.2) is 0 Å². The van der Waals surface area contributed by atoms with Crippen molar-refractivity contribution in [3.05, 3.63) is 54.4 Å². The monoisotopic (exact) mass is 599 g/mol. The molecule has 2 saturated heterocycles. The fourth-order valence-corrected chi connectivity index (χ4v) is 6.45. The predicted molar refractivity (Wildman–Crippen MR) is 150 cm³/mol. The first-order valence-electron chi connectivity index (χ1n) is 13.7. The summed E-state index contributed by atoms with van der Waals surface area (Å²) in [6.07, 6.45) is 5.49. The molecule has 0 spiro atoms. The minimum absolute atomic E-state index is 0.0170. The molecule has 3 aliphatic heterocycles. The number of sulfonamides is 1. The van der Waals surface area contributed by atoms with Gasteiger partial charge in [-0.25, -0.2) is 8.42 Å². The van der Waals surface area contributed by atoms with Crippen molar-refractivity contribution in [2.24, 2.45) is 0 Å². The van der Waals surface area contributed by atoms with Crippen molar-refractivity contribution in [3.8, 4) is 0 Å². The Morgan fingerprint density at radius 3 is 2.62 bits per heavy atom. The average Bonchev–Trinajstić information content (AvgIpc) is 3.30. The van der Waals surface area contributed by atoms with Crippen LogP contribution in [0.5, 0.6) is 0 Å². The zero-order valence-corrected chi connectivity index (χ0v) is 24.1. The van der Waals surface area contributed by atoms with Gasteiger partial charge in [-0.2, -0.15) is 4.31 Å². The van der Waals surface area contributed by atoms with E-state index in [-0.39, 0.29) is 38.2 Å². The summed E-state index contributed by atoms with van der Waals surface area (Å²) in [4.78, 5) is 58.7. The zero-order valence-electron chi connectivity index (χ0n) is 23.3. The normalized spacial score (nSPS) is 26.7. The van der Waals surface area contributed by atoms with Crippen LogP contribution in [0.1, 0.15) is 36.7 Å². The second kappa shape index (κ2) is 12.2. The number of esters is 1. The summed E-state index contributed by atoms with van der Waals surface area (Å²) in [5.41, 5.74) is 0.160. The lowest BCUT2D eigenvalue weighted by molar-refractivity contribution is -0.165. The molecule has 2 unspecified atom stereocenters. The molecular weight excluding hydrogens is 566 g/mol. The highest BCUT2D eigenvalue weighted by Gasteiger charge is 2.47. The van der Waals surface area contributed by atoms with Gasteiger partial charge in [0.2, 0.25) is 28.1 Å². The minimum atomic E-state index is -3.72. The Bertz CT molecular complexity index is 1520. The zero-order chi connectivity index (χ0) is 30.0. The third-order valence-electron chi connectivity index (χ3n) is 7.61. The van der Waals surface area contributed by atoms with E-state index in [9.17, 15) is 27.6 Å². The molecule has 2 N–H and O–H groups in total. The molecule has 5 atom stereocenters. The SMILES string of the molecule is CCOC1OC(=O)CC1NC(=O)[C@@H]1CN(S(C)(=O)=O)C[C@@H]2CC=CC[C@H](NC(=O)c3nccc4ccccc34)C(=O)N21. The lowest BCUT2D eigenvalue weighted by Gasteiger charge is -2.46. The van der Waals surface area contributed by atoms with E-state index in [0.717, 1.165) is 11.6 Å². The van der Waals surface area contributed by atoms with E-state index in [2.05, 4.69) is 15.6 Å². The molecule has 3 aliphatic rings. The predicted octanol–water partition coefficient (Wildman–Crippen LogP) is 0.319. The van der Waals surface area contributed by atoms with E-state index >= 15 is 0 Å².